The smallest absolute Gasteiger partial charge is 0.317 e. The van der Waals surface area contributed by atoms with Crippen molar-refractivity contribution in [2.24, 2.45) is 0 Å². The second-order valence-electron chi connectivity index (χ2n) is 6.26. The average Bonchev–Trinajstić information content (AvgIpc) is 2.60. The predicted molar refractivity (Wildman–Crippen MR) is 92.4 cm³/mol. The van der Waals surface area contributed by atoms with Crippen LogP contribution < -0.4 is 5.32 Å². The number of nitrogens with one attached hydrogen (secondary N) is 1. The van der Waals surface area contributed by atoms with Crippen LogP contribution in [0.5, 0.6) is 0 Å². The number of carbonyl (C=O) groups is 1. The molecule has 1 heterocycles. The van der Waals surface area contributed by atoms with Crippen LogP contribution in [0.15, 0.2) is 24.3 Å². The number of amides is 2. The fraction of sp³-hybridized carbons (Fsp3) is 0.611. The monoisotopic (exact) mass is 337 g/mol. The van der Waals surface area contributed by atoms with Crippen molar-refractivity contribution in [3.05, 3.63) is 35.6 Å². The molecule has 0 radical (unpaired) electrons. The molecule has 1 N–H and O–H groups in total. The molecule has 1 aromatic rings. The molecule has 0 spiro atoms. The molecule has 5 nitrogen and oxygen atoms in total. The maximum atomic E-state index is 12.9. The lowest BCUT2D eigenvalue weighted by Crippen LogP contribution is -2.52. The number of piperazine rings is 1. The first kappa shape index (κ1) is 18.7. The molecule has 1 fully saturated rings. The molecule has 1 saturated heterocycles. The number of nitrogens with zero attached hydrogens (tertiary/aromatic N) is 2. The fourth-order valence-electron chi connectivity index (χ4n) is 2.68. The second-order valence-corrected chi connectivity index (χ2v) is 6.26. The van der Waals surface area contributed by atoms with Gasteiger partial charge in [-0.1, -0.05) is 19.1 Å². The number of rotatable bonds is 7. The lowest BCUT2D eigenvalue weighted by atomic mass is 10.2. The Hall–Kier alpha value is -1.66. The highest BCUT2D eigenvalue weighted by molar-refractivity contribution is 5.74. The summed E-state index contributed by atoms with van der Waals surface area (Å²) in [4.78, 5) is 16.3. The second kappa shape index (κ2) is 9.59. The van der Waals surface area contributed by atoms with Gasteiger partial charge in [-0.2, -0.15) is 0 Å². The Bertz CT molecular complexity index is 501. The summed E-state index contributed by atoms with van der Waals surface area (Å²) in [6, 6.07) is 6.57. The zero-order valence-electron chi connectivity index (χ0n) is 14.6. The molecule has 0 aromatic heterocycles. The first-order valence-electron chi connectivity index (χ1n) is 8.69. The normalized spacial score (nSPS) is 16.9. The molecule has 1 atom stereocenters. The van der Waals surface area contributed by atoms with E-state index >= 15 is 0 Å². The number of hydrogen-bond donors (Lipinski definition) is 1. The Kier molecular flexibility index (Phi) is 7.46. The topological polar surface area (TPSA) is 44.8 Å². The summed E-state index contributed by atoms with van der Waals surface area (Å²) in [5.74, 6) is -0.211. The van der Waals surface area contributed by atoms with Crippen molar-refractivity contribution in [2.75, 3.05) is 39.3 Å². The van der Waals surface area contributed by atoms with Crippen molar-refractivity contribution in [1.29, 1.82) is 0 Å². The van der Waals surface area contributed by atoms with Crippen molar-refractivity contribution in [3.8, 4) is 0 Å². The van der Waals surface area contributed by atoms with E-state index in [1.807, 2.05) is 24.0 Å². The summed E-state index contributed by atoms with van der Waals surface area (Å²) in [7, 11) is 0. The highest BCUT2D eigenvalue weighted by Gasteiger charge is 2.21. The number of carbonyl (C=O) groups excluding carboxylic acids is 1. The maximum absolute atomic E-state index is 12.9. The van der Waals surface area contributed by atoms with E-state index in [0.717, 1.165) is 38.2 Å². The van der Waals surface area contributed by atoms with E-state index in [1.165, 1.54) is 12.1 Å². The summed E-state index contributed by atoms with van der Waals surface area (Å²) in [6.07, 6.45) is 1.02. The Morgan fingerprint density at radius 1 is 1.25 bits per heavy atom. The van der Waals surface area contributed by atoms with Gasteiger partial charge in [0.05, 0.1) is 6.10 Å². The van der Waals surface area contributed by atoms with E-state index < -0.39 is 0 Å². The number of urea groups is 1. The van der Waals surface area contributed by atoms with Gasteiger partial charge in [-0.3, -0.25) is 4.90 Å². The Labute approximate surface area is 143 Å². The van der Waals surface area contributed by atoms with Crippen LogP contribution in [0.3, 0.4) is 0 Å². The number of ether oxygens (including phenoxy) is 1. The van der Waals surface area contributed by atoms with Gasteiger partial charge in [0, 0.05) is 45.9 Å². The van der Waals surface area contributed by atoms with E-state index in [1.54, 1.807) is 0 Å². The number of hydrogen-bond acceptors (Lipinski definition) is 3. The molecule has 2 rings (SSSR count). The molecule has 0 aliphatic carbocycles. The summed E-state index contributed by atoms with van der Waals surface area (Å²) < 4.78 is 18.5. The van der Waals surface area contributed by atoms with Gasteiger partial charge in [0.1, 0.15) is 5.82 Å². The van der Waals surface area contributed by atoms with Crippen LogP contribution in [0.4, 0.5) is 9.18 Å². The molecule has 1 aromatic carbocycles. The molecule has 2 amide bonds. The lowest BCUT2D eigenvalue weighted by molar-refractivity contribution is 0.0654. The SMILES string of the molecule is CCCO[C@H](C)CNC(=O)N1CCN(Cc2ccc(F)cc2)CC1. The summed E-state index contributed by atoms with van der Waals surface area (Å²) in [5, 5.41) is 2.93. The van der Waals surface area contributed by atoms with Crippen LogP contribution in [0.25, 0.3) is 0 Å². The van der Waals surface area contributed by atoms with Gasteiger partial charge in [0.25, 0.3) is 0 Å². The van der Waals surface area contributed by atoms with Crippen LogP contribution in [-0.2, 0) is 11.3 Å². The minimum absolute atomic E-state index is 0.0246. The molecule has 0 bridgehead atoms. The van der Waals surface area contributed by atoms with Crippen LogP contribution in [0.1, 0.15) is 25.8 Å². The molecule has 0 unspecified atom stereocenters. The Balaban J connectivity index is 1.68. The van der Waals surface area contributed by atoms with E-state index in [4.69, 9.17) is 4.74 Å². The lowest BCUT2D eigenvalue weighted by Gasteiger charge is -2.34. The average molecular weight is 337 g/mol. The molecule has 1 aliphatic heterocycles. The van der Waals surface area contributed by atoms with Crippen LogP contribution in [-0.4, -0.2) is 61.3 Å². The third-order valence-corrected chi connectivity index (χ3v) is 4.13. The Morgan fingerprint density at radius 3 is 2.54 bits per heavy atom. The van der Waals surface area contributed by atoms with Crippen molar-refractivity contribution < 1.29 is 13.9 Å². The van der Waals surface area contributed by atoms with E-state index in [2.05, 4.69) is 17.1 Å². The largest absolute Gasteiger partial charge is 0.377 e. The van der Waals surface area contributed by atoms with Gasteiger partial charge in [0.15, 0.2) is 0 Å². The van der Waals surface area contributed by atoms with Crippen LogP contribution in [0.2, 0.25) is 0 Å². The number of benzene rings is 1. The van der Waals surface area contributed by atoms with Crippen molar-refractivity contribution in [3.63, 3.8) is 0 Å². The third-order valence-electron chi connectivity index (χ3n) is 4.13. The third kappa shape index (κ3) is 6.09. The fourth-order valence-corrected chi connectivity index (χ4v) is 2.68. The zero-order valence-corrected chi connectivity index (χ0v) is 14.6. The molecule has 6 heteroatoms. The van der Waals surface area contributed by atoms with Crippen LogP contribution >= 0.6 is 0 Å². The predicted octanol–water partition coefficient (Wildman–Crippen LogP) is 2.47. The highest BCUT2D eigenvalue weighted by Crippen LogP contribution is 2.09. The van der Waals surface area contributed by atoms with E-state index in [9.17, 15) is 9.18 Å². The van der Waals surface area contributed by atoms with Gasteiger partial charge < -0.3 is 15.0 Å². The van der Waals surface area contributed by atoms with Crippen molar-refractivity contribution in [1.82, 2.24) is 15.1 Å². The summed E-state index contributed by atoms with van der Waals surface area (Å²) in [6.45, 7) is 9.15. The van der Waals surface area contributed by atoms with Gasteiger partial charge in [-0.15, -0.1) is 0 Å². The van der Waals surface area contributed by atoms with E-state index in [-0.39, 0.29) is 18.0 Å². The van der Waals surface area contributed by atoms with Crippen molar-refractivity contribution >= 4 is 6.03 Å². The van der Waals surface area contributed by atoms with Gasteiger partial charge >= 0.3 is 6.03 Å². The maximum Gasteiger partial charge on any atom is 0.317 e. The summed E-state index contributed by atoms with van der Waals surface area (Å²) in [5.41, 5.74) is 1.09. The minimum Gasteiger partial charge on any atom is -0.377 e. The van der Waals surface area contributed by atoms with E-state index in [0.29, 0.717) is 19.6 Å². The quantitative estimate of drug-likeness (QED) is 0.831. The molecular formula is C18H28FN3O2. The molecular weight excluding hydrogens is 309 g/mol. The first-order valence-corrected chi connectivity index (χ1v) is 8.69. The molecule has 134 valence electrons. The standard InChI is InChI=1S/C18H28FN3O2/c1-3-12-24-15(2)13-20-18(23)22-10-8-21(9-11-22)14-16-4-6-17(19)7-5-16/h4-7,15H,3,8-14H2,1-2H3,(H,20,23)/t15-/m1/s1. The number of halogens is 1. The van der Waals surface area contributed by atoms with Gasteiger partial charge in [0.2, 0.25) is 0 Å². The van der Waals surface area contributed by atoms with Gasteiger partial charge in [-0.05, 0) is 31.0 Å². The molecule has 24 heavy (non-hydrogen) atoms. The summed E-state index contributed by atoms with van der Waals surface area (Å²) >= 11 is 0. The Morgan fingerprint density at radius 2 is 1.92 bits per heavy atom. The first-order chi connectivity index (χ1) is 11.6. The highest BCUT2D eigenvalue weighted by atomic mass is 19.1. The molecule has 1 aliphatic rings. The van der Waals surface area contributed by atoms with Crippen LogP contribution in [0, 0.1) is 5.82 Å². The van der Waals surface area contributed by atoms with Gasteiger partial charge in [-0.25, -0.2) is 9.18 Å². The zero-order chi connectivity index (χ0) is 17.4. The van der Waals surface area contributed by atoms with Crippen molar-refractivity contribution in [2.45, 2.75) is 32.9 Å². The molecule has 0 saturated carbocycles. The minimum atomic E-state index is -0.211.